The zero-order valence-electron chi connectivity index (χ0n) is 24.6. The largest absolute Gasteiger partial charge is 0.489 e. The summed E-state index contributed by atoms with van der Waals surface area (Å²) in [5.41, 5.74) is 5.00. The lowest BCUT2D eigenvalue weighted by molar-refractivity contribution is -0.136. The third-order valence-electron chi connectivity index (χ3n) is 9.57. The summed E-state index contributed by atoms with van der Waals surface area (Å²) >= 11 is 0. The number of pyridine rings is 1. The highest BCUT2D eigenvalue weighted by molar-refractivity contribution is 6.05. The molecule has 2 aromatic carbocycles. The van der Waals surface area contributed by atoms with Crippen molar-refractivity contribution in [3.8, 4) is 5.75 Å². The first-order valence-electron chi connectivity index (χ1n) is 15.5. The molecule has 4 atom stereocenters. The van der Waals surface area contributed by atoms with Gasteiger partial charge in [0, 0.05) is 68.9 Å². The number of likely N-dealkylation sites (tertiary alicyclic amines) is 1. The van der Waals surface area contributed by atoms with Gasteiger partial charge in [-0.3, -0.25) is 29.6 Å². The van der Waals surface area contributed by atoms with Gasteiger partial charge in [0.05, 0.1) is 5.52 Å². The fourth-order valence-electron chi connectivity index (χ4n) is 7.36. The number of methoxy groups -OCH3 is 1. The van der Waals surface area contributed by atoms with Crippen LogP contribution in [-0.2, 0) is 27.4 Å². The molecule has 1 aliphatic carbocycles. The summed E-state index contributed by atoms with van der Waals surface area (Å²) in [5, 5.41) is 3.53. The molecule has 4 aliphatic rings. The Morgan fingerprint density at radius 1 is 1.00 bits per heavy atom. The smallest absolute Gasteiger partial charge is 0.255 e. The fraction of sp³-hybridized carbons (Fsp3) is 0.471. The van der Waals surface area contributed by atoms with E-state index < -0.39 is 11.9 Å². The monoisotopic (exact) mass is 582 g/mol. The molecule has 1 aromatic heterocycles. The van der Waals surface area contributed by atoms with Crippen molar-refractivity contribution in [1.29, 1.82) is 0 Å². The number of fused-ring (bicyclic) bond motifs is 2. The number of piperidine rings is 1. The van der Waals surface area contributed by atoms with Crippen LogP contribution in [0.4, 0.5) is 0 Å². The number of nitrogens with one attached hydrogen (secondary N) is 1. The minimum Gasteiger partial charge on any atom is -0.489 e. The van der Waals surface area contributed by atoms with E-state index in [-0.39, 0.29) is 24.3 Å². The number of carbonyl (C=O) groups excluding carboxylic acids is 3. The van der Waals surface area contributed by atoms with Crippen molar-refractivity contribution < 1.29 is 23.9 Å². The number of benzene rings is 2. The maximum absolute atomic E-state index is 13.0. The van der Waals surface area contributed by atoms with E-state index in [4.69, 9.17) is 14.5 Å². The van der Waals surface area contributed by atoms with E-state index in [1.165, 1.54) is 29.5 Å². The Morgan fingerprint density at radius 3 is 2.77 bits per heavy atom. The van der Waals surface area contributed by atoms with Crippen molar-refractivity contribution in [2.24, 2.45) is 5.92 Å². The van der Waals surface area contributed by atoms with Crippen LogP contribution in [0.5, 0.6) is 5.75 Å². The molecule has 3 aliphatic heterocycles. The quantitative estimate of drug-likeness (QED) is 0.398. The molecule has 9 nitrogen and oxygen atoms in total. The molecule has 2 unspecified atom stereocenters. The van der Waals surface area contributed by atoms with Gasteiger partial charge in [0.1, 0.15) is 17.9 Å². The van der Waals surface area contributed by atoms with E-state index >= 15 is 0 Å². The zero-order valence-corrected chi connectivity index (χ0v) is 24.6. The predicted octanol–water partition coefficient (Wildman–Crippen LogP) is 4.18. The lowest BCUT2D eigenvalue weighted by Gasteiger charge is -2.29. The van der Waals surface area contributed by atoms with Crippen LogP contribution in [0, 0.1) is 5.92 Å². The number of ether oxygens (including phenoxy) is 2. The van der Waals surface area contributed by atoms with Gasteiger partial charge in [0.2, 0.25) is 11.8 Å². The third-order valence-corrected chi connectivity index (χ3v) is 9.57. The summed E-state index contributed by atoms with van der Waals surface area (Å²) in [6, 6.07) is 16.0. The van der Waals surface area contributed by atoms with Crippen molar-refractivity contribution in [2.45, 2.75) is 69.7 Å². The normalized spacial score (nSPS) is 25.9. The van der Waals surface area contributed by atoms with Crippen LogP contribution in [0.25, 0.3) is 10.9 Å². The van der Waals surface area contributed by atoms with Crippen molar-refractivity contribution in [3.63, 3.8) is 0 Å². The number of hydrogen-bond acceptors (Lipinski definition) is 7. The molecule has 3 aromatic rings. The van der Waals surface area contributed by atoms with Crippen molar-refractivity contribution in [2.75, 3.05) is 26.8 Å². The fourth-order valence-corrected chi connectivity index (χ4v) is 7.36. The van der Waals surface area contributed by atoms with Gasteiger partial charge < -0.3 is 14.4 Å². The molecule has 1 saturated carbocycles. The molecule has 7 rings (SSSR count). The Bertz CT molecular complexity index is 1570. The Morgan fingerprint density at radius 2 is 1.91 bits per heavy atom. The Labute approximate surface area is 251 Å². The number of rotatable bonds is 8. The van der Waals surface area contributed by atoms with Crippen molar-refractivity contribution in [3.05, 3.63) is 70.9 Å². The molecule has 43 heavy (non-hydrogen) atoms. The molecule has 3 fully saturated rings. The molecule has 0 spiro atoms. The lowest BCUT2D eigenvalue weighted by Crippen LogP contribution is -2.52. The first-order chi connectivity index (χ1) is 20.9. The molecule has 1 N–H and O–H groups in total. The van der Waals surface area contributed by atoms with Crippen LogP contribution in [-0.4, -0.2) is 71.5 Å². The van der Waals surface area contributed by atoms with Crippen LogP contribution >= 0.6 is 0 Å². The second kappa shape index (κ2) is 11.7. The highest BCUT2D eigenvalue weighted by Crippen LogP contribution is 2.38. The predicted molar refractivity (Wildman–Crippen MR) is 160 cm³/mol. The first-order valence-corrected chi connectivity index (χ1v) is 15.5. The van der Waals surface area contributed by atoms with Crippen molar-refractivity contribution >= 4 is 28.6 Å². The Kier molecular flexibility index (Phi) is 7.61. The number of nitrogens with zero attached hydrogens (tertiary/aromatic N) is 3. The topological polar surface area (TPSA) is 101 Å². The molecule has 4 heterocycles. The van der Waals surface area contributed by atoms with Crippen LogP contribution in [0.3, 0.4) is 0 Å². The van der Waals surface area contributed by atoms with Crippen LogP contribution in [0.1, 0.15) is 71.6 Å². The number of imide groups is 1. The molecule has 224 valence electrons. The maximum Gasteiger partial charge on any atom is 0.255 e. The summed E-state index contributed by atoms with van der Waals surface area (Å²) in [6.45, 7) is 3.84. The first kappa shape index (κ1) is 28.0. The summed E-state index contributed by atoms with van der Waals surface area (Å²) in [7, 11) is 1.79. The number of aromatic nitrogens is 1. The standard InChI is InChI=1S/C34H38N4O5/c1-42-20-22-2-4-23(15-22)30-9-5-24-14-21(3-8-29(24)35-30)17-37-13-12-27(19-37)43-26-6-7-28-25(16-26)18-38(34(28)41)31-10-11-32(39)36-33(31)40/h3,5-9,14,16,22-23,27,31H,2,4,10-13,15,17-20H2,1H3,(H,36,39,40)/t22-,23+,27?,31?/m0/s1. The van der Waals surface area contributed by atoms with Gasteiger partial charge in [0.25, 0.3) is 5.91 Å². The summed E-state index contributed by atoms with van der Waals surface area (Å²) in [5.74, 6) is 1.07. The lowest BCUT2D eigenvalue weighted by atomic mass is 10.00. The Hall–Kier alpha value is -3.82. The second-order valence-corrected chi connectivity index (χ2v) is 12.6. The number of carbonyl (C=O) groups is 3. The average molecular weight is 583 g/mol. The van der Waals surface area contributed by atoms with Crippen LogP contribution < -0.4 is 10.1 Å². The van der Waals surface area contributed by atoms with Crippen molar-refractivity contribution in [1.82, 2.24) is 20.1 Å². The highest BCUT2D eigenvalue weighted by Gasteiger charge is 2.39. The molecule has 3 amide bonds. The van der Waals surface area contributed by atoms with E-state index in [0.717, 1.165) is 55.9 Å². The van der Waals surface area contributed by atoms with E-state index in [1.54, 1.807) is 18.1 Å². The number of amides is 3. The van der Waals surface area contributed by atoms with E-state index in [2.05, 4.69) is 40.5 Å². The van der Waals surface area contributed by atoms with Gasteiger partial charge in [-0.1, -0.05) is 12.1 Å². The molecule has 9 heteroatoms. The summed E-state index contributed by atoms with van der Waals surface area (Å²) in [6.07, 6.45) is 5.17. The van der Waals surface area contributed by atoms with Gasteiger partial charge in [0.15, 0.2) is 0 Å². The average Bonchev–Trinajstić information content (AvgIpc) is 3.73. The number of hydrogen-bond donors (Lipinski definition) is 1. The van der Waals surface area contributed by atoms with E-state index in [9.17, 15) is 14.4 Å². The zero-order chi connectivity index (χ0) is 29.5. The molecular formula is C34H38N4O5. The highest BCUT2D eigenvalue weighted by atomic mass is 16.5. The summed E-state index contributed by atoms with van der Waals surface area (Å²) < 4.78 is 11.7. The van der Waals surface area contributed by atoms with Gasteiger partial charge >= 0.3 is 0 Å². The van der Waals surface area contributed by atoms with Crippen LogP contribution in [0.15, 0.2) is 48.5 Å². The molecule has 0 radical (unpaired) electrons. The van der Waals surface area contributed by atoms with Gasteiger partial charge in [-0.05, 0) is 85.5 Å². The minimum absolute atomic E-state index is 0.0689. The molecule has 0 bridgehead atoms. The minimum atomic E-state index is -0.612. The molecule has 2 saturated heterocycles. The van der Waals surface area contributed by atoms with Gasteiger partial charge in [-0.15, -0.1) is 0 Å². The van der Waals surface area contributed by atoms with E-state index in [1.807, 2.05) is 12.1 Å². The van der Waals surface area contributed by atoms with Gasteiger partial charge in [-0.25, -0.2) is 0 Å². The molecular weight excluding hydrogens is 544 g/mol. The van der Waals surface area contributed by atoms with E-state index in [0.29, 0.717) is 30.4 Å². The van der Waals surface area contributed by atoms with Crippen LogP contribution in [0.2, 0.25) is 0 Å². The SMILES string of the molecule is COC[C@H]1CC[C@@H](c2ccc3cc(CN4CCC(Oc5ccc6c(c5)CN(C5CCC(=O)NC5=O)C6=O)C4)ccc3n2)C1. The second-order valence-electron chi connectivity index (χ2n) is 12.6. The maximum atomic E-state index is 13.0. The third kappa shape index (κ3) is 5.76. The Balaban J connectivity index is 0.946. The van der Waals surface area contributed by atoms with Gasteiger partial charge in [-0.2, -0.15) is 0 Å². The summed E-state index contributed by atoms with van der Waals surface area (Å²) in [4.78, 5) is 45.9.